The lowest BCUT2D eigenvalue weighted by Gasteiger charge is -2.33. The number of benzene rings is 3. The summed E-state index contributed by atoms with van der Waals surface area (Å²) >= 11 is 1.46. The molecule has 10 heteroatoms. The van der Waals surface area contributed by atoms with E-state index in [0.717, 1.165) is 16.8 Å². The molecule has 9 nitrogen and oxygen atoms in total. The largest absolute Gasteiger partial charge is 0.508 e. The van der Waals surface area contributed by atoms with E-state index in [1.54, 1.807) is 19.1 Å². The van der Waals surface area contributed by atoms with Crippen LogP contribution in [0.15, 0.2) is 72.8 Å². The molecule has 228 valence electrons. The smallest absolute Gasteiger partial charge is 0.254 e. The first-order chi connectivity index (χ1) is 20.4. The Morgan fingerprint density at radius 3 is 2.33 bits per heavy atom. The number of carbonyl (C=O) groups is 3. The number of aromatic hydroxyl groups is 1. The van der Waals surface area contributed by atoms with Gasteiger partial charge in [0, 0.05) is 42.2 Å². The van der Waals surface area contributed by atoms with Gasteiger partial charge in [0.15, 0.2) is 6.10 Å². The number of phenolic OH excluding ortho intramolecular Hbond substituents is 1. The SMILES string of the molecule is Cc1c(O)cccc1C(=O)N[C@@H](Cc1ccccc1)[C@H](O)C(=O)N1CSC(C)(C)C1C(=O)NCc1ccc(N(C)C)cc1. The summed E-state index contributed by atoms with van der Waals surface area (Å²) in [5, 5.41) is 27.4. The van der Waals surface area contributed by atoms with Crippen LogP contribution in [0, 0.1) is 6.92 Å². The van der Waals surface area contributed by atoms with Crippen LogP contribution >= 0.6 is 11.8 Å². The molecule has 0 radical (unpaired) electrons. The Morgan fingerprint density at radius 2 is 1.67 bits per heavy atom. The van der Waals surface area contributed by atoms with Crippen LogP contribution in [0.2, 0.25) is 0 Å². The van der Waals surface area contributed by atoms with E-state index in [1.807, 2.05) is 87.4 Å². The average molecular weight is 605 g/mol. The molecule has 3 amide bonds. The Hall–Kier alpha value is -4.02. The van der Waals surface area contributed by atoms with Gasteiger partial charge in [-0.1, -0.05) is 48.5 Å². The quantitative estimate of drug-likeness (QED) is 0.280. The number of hydrogen-bond acceptors (Lipinski definition) is 7. The minimum absolute atomic E-state index is 0.0253. The summed E-state index contributed by atoms with van der Waals surface area (Å²) in [7, 11) is 3.92. The third-order valence-corrected chi connectivity index (χ3v) is 9.17. The van der Waals surface area contributed by atoms with E-state index in [0.29, 0.717) is 12.1 Å². The lowest BCUT2D eigenvalue weighted by molar-refractivity contribution is -0.147. The van der Waals surface area contributed by atoms with Crippen LogP contribution in [0.1, 0.15) is 40.9 Å². The number of nitrogens with zero attached hydrogens (tertiary/aromatic N) is 2. The van der Waals surface area contributed by atoms with Gasteiger partial charge in [-0.15, -0.1) is 11.8 Å². The summed E-state index contributed by atoms with van der Waals surface area (Å²) in [6, 6.07) is 19.9. The van der Waals surface area contributed by atoms with Crippen molar-refractivity contribution < 1.29 is 24.6 Å². The number of hydrogen-bond donors (Lipinski definition) is 4. The van der Waals surface area contributed by atoms with E-state index in [9.17, 15) is 24.6 Å². The number of nitrogens with one attached hydrogen (secondary N) is 2. The maximum absolute atomic E-state index is 13.9. The second kappa shape index (κ2) is 13.5. The number of thioether (sulfide) groups is 1. The molecule has 3 aromatic rings. The second-order valence-corrected chi connectivity index (χ2v) is 13.1. The van der Waals surface area contributed by atoms with Crippen LogP contribution < -0.4 is 15.5 Å². The van der Waals surface area contributed by atoms with Crippen LogP contribution in [0.5, 0.6) is 5.75 Å². The normalized spacial score (nSPS) is 17.2. The monoisotopic (exact) mass is 604 g/mol. The van der Waals surface area contributed by atoms with Crippen molar-refractivity contribution in [3.8, 4) is 5.75 Å². The number of aliphatic hydroxyl groups excluding tert-OH is 1. The third kappa shape index (κ3) is 7.50. The first kappa shape index (κ1) is 31.9. The second-order valence-electron chi connectivity index (χ2n) is 11.5. The lowest BCUT2D eigenvalue weighted by atomic mass is 9.96. The molecule has 0 aliphatic carbocycles. The molecule has 0 bridgehead atoms. The van der Waals surface area contributed by atoms with E-state index < -0.39 is 34.7 Å². The highest BCUT2D eigenvalue weighted by Crippen LogP contribution is 2.40. The number of carbonyl (C=O) groups excluding carboxylic acids is 3. The van der Waals surface area contributed by atoms with Crippen molar-refractivity contribution in [2.75, 3.05) is 24.9 Å². The zero-order valence-corrected chi connectivity index (χ0v) is 26.0. The summed E-state index contributed by atoms with van der Waals surface area (Å²) in [6.07, 6.45) is -1.44. The summed E-state index contributed by atoms with van der Waals surface area (Å²) in [5.41, 5.74) is 3.42. The van der Waals surface area contributed by atoms with Crippen molar-refractivity contribution in [3.63, 3.8) is 0 Å². The molecule has 1 heterocycles. The molecular formula is C33H40N4O5S. The van der Waals surface area contributed by atoms with Gasteiger partial charge in [-0.05, 0) is 62.6 Å². The molecule has 0 saturated carbocycles. The molecular weight excluding hydrogens is 564 g/mol. The van der Waals surface area contributed by atoms with Crippen LogP contribution in [-0.2, 0) is 22.6 Å². The Bertz CT molecular complexity index is 1450. The van der Waals surface area contributed by atoms with Crippen LogP contribution in [0.4, 0.5) is 5.69 Å². The zero-order chi connectivity index (χ0) is 31.3. The molecule has 0 spiro atoms. The minimum Gasteiger partial charge on any atom is -0.508 e. The fourth-order valence-electron chi connectivity index (χ4n) is 5.18. The third-order valence-electron chi connectivity index (χ3n) is 7.80. The van der Waals surface area contributed by atoms with Gasteiger partial charge in [-0.2, -0.15) is 0 Å². The Kier molecular flexibility index (Phi) is 10.0. The molecule has 43 heavy (non-hydrogen) atoms. The maximum atomic E-state index is 13.9. The average Bonchev–Trinajstić information content (AvgIpc) is 3.31. The van der Waals surface area contributed by atoms with E-state index in [4.69, 9.17) is 0 Å². The number of phenols is 1. The highest BCUT2D eigenvalue weighted by molar-refractivity contribution is 8.00. The fraction of sp³-hybridized carbons (Fsp3) is 0.364. The summed E-state index contributed by atoms with van der Waals surface area (Å²) < 4.78 is -0.606. The number of aliphatic hydroxyl groups is 1. The predicted molar refractivity (Wildman–Crippen MR) is 170 cm³/mol. The van der Waals surface area contributed by atoms with Crippen molar-refractivity contribution in [3.05, 3.63) is 95.1 Å². The van der Waals surface area contributed by atoms with Crippen molar-refractivity contribution >= 4 is 35.2 Å². The molecule has 4 rings (SSSR count). The van der Waals surface area contributed by atoms with E-state index in [-0.39, 0.29) is 29.5 Å². The van der Waals surface area contributed by atoms with Crippen molar-refractivity contribution in [1.82, 2.24) is 15.5 Å². The van der Waals surface area contributed by atoms with Crippen molar-refractivity contribution in [1.29, 1.82) is 0 Å². The molecule has 1 saturated heterocycles. The first-order valence-corrected chi connectivity index (χ1v) is 15.2. The highest BCUT2D eigenvalue weighted by atomic mass is 32.2. The fourth-order valence-corrected chi connectivity index (χ4v) is 6.32. The van der Waals surface area contributed by atoms with Gasteiger partial charge in [0.1, 0.15) is 11.8 Å². The summed E-state index contributed by atoms with van der Waals surface area (Å²) in [4.78, 5) is 44.1. The first-order valence-electron chi connectivity index (χ1n) is 14.2. The molecule has 1 unspecified atom stereocenters. The molecule has 1 aliphatic heterocycles. The van der Waals surface area contributed by atoms with E-state index in [2.05, 4.69) is 10.6 Å². The molecule has 0 aromatic heterocycles. The van der Waals surface area contributed by atoms with Crippen LogP contribution in [-0.4, -0.2) is 75.7 Å². The van der Waals surface area contributed by atoms with Gasteiger partial charge < -0.3 is 30.6 Å². The van der Waals surface area contributed by atoms with Gasteiger partial charge in [0.25, 0.3) is 11.8 Å². The summed E-state index contributed by atoms with van der Waals surface area (Å²) in [6.45, 7) is 5.73. The van der Waals surface area contributed by atoms with Crippen LogP contribution in [0.3, 0.4) is 0 Å². The van der Waals surface area contributed by atoms with Gasteiger partial charge in [0.2, 0.25) is 5.91 Å². The number of rotatable bonds is 10. The van der Waals surface area contributed by atoms with Crippen molar-refractivity contribution in [2.24, 2.45) is 0 Å². The standard InChI is InChI=1S/C33H40N4O5S/c1-21-25(12-9-13-27(21)38)30(40)35-26(18-22-10-7-6-8-11-22)28(39)32(42)37-20-43-33(2,3)29(37)31(41)34-19-23-14-16-24(17-15-23)36(4)5/h6-17,26,28-29,38-39H,18-20H2,1-5H3,(H,34,41)(H,35,40)/t26-,28-,29?/m0/s1. The van der Waals surface area contributed by atoms with Gasteiger partial charge >= 0.3 is 0 Å². The molecule has 3 atom stereocenters. The molecule has 3 aromatic carbocycles. The highest BCUT2D eigenvalue weighted by Gasteiger charge is 2.49. The Labute approximate surface area is 257 Å². The van der Waals surface area contributed by atoms with Gasteiger partial charge in [-0.25, -0.2) is 0 Å². The van der Waals surface area contributed by atoms with E-state index in [1.165, 1.54) is 22.7 Å². The maximum Gasteiger partial charge on any atom is 0.254 e. The number of anilines is 1. The molecule has 4 N–H and O–H groups in total. The Morgan fingerprint density at radius 1 is 1.00 bits per heavy atom. The zero-order valence-electron chi connectivity index (χ0n) is 25.2. The van der Waals surface area contributed by atoms with E-state index >= 15 is 0 Å². The predicted octanol–water partition coefficient (Wildman–Crippen LogP) is 3.47. The van der Waals surface area contributed by atoms with Gasteiger partial charge in [-0.3, -0.25) is 14.4 Å². The van der Waals surface area contributed by atoms with Crippen LogP contribution in [0.25, 0.3) is 0 Å². The topological polar surface area (TPSA) is 122 Å². The minimum atomic E-state index is -1.62. The Balaban J connectivity index is 1.53. The summed E-state index contributed by atoms with van der Waals surface area (Å²) in [5.74, 6) is -1.28. The number of amides is 3. The van der Waals surface area contributed by atoms with Gasteiger partial charge in [0.05, 0.1) is 11.9 Å². The van der Waals surface area contributed by atoms with Crippen molar-refractivity contribution in [2.45, 2.75) is 56.7 Å². The lowest BCUT2D eigenvalue weighted by Crippen LogP contribution is -2.58. The molecule has 1 aliphatic rings. The molecule has 1 fully saturated rings.